The lowest BCUT2D eigenvalue weighted by molar-refractivity contribution is -0.201. The summed E-state index contributed by atoms with van der Waals surface area (Å²) in [5.41, 5.74) is 4.18. The van der Waals surface area contributed by atoms with Crippen molar-refractivity contribution in [1.29, 1.82) is 0 Å². The molecule has 0 saturated carbocycles. The highest BCUT2D eigenvalue weighted by molar-refractivity contribution is 5.90. The number of aromatic nitrogens is 5. The summed E-state index contributed by atoms with van der Waals surface area (Å²) in [6, 6.07) is 6.82. The Bertz CT molecular complexity index is 1200. The van der Waals surface area contributed by atoms with Gasteiger partial charge in [-0.25, -0.2) is 19.4 Å². The molecule has 0 amide bonds. The molecular formula is C19H14F3N5O2. The third kappa shape index (κ3) is 3.68. The maximum absolute atomic E-state index is 12.2. The maximum Gasteiger partial charge on any atom is 0.490 e. The number of halogens is 3. The van der Waals surface area contributed by atoms with E-state index in [1.807, 2.05) is 6.07 Å². The molecule has 0 aliphatic carbocycles. The van der Waals surface area contributed by atoms with Gasteiger partial charge in [0.25, 0.3) is 0 Å². The number of alkyl halides is 3. The predicted molar refractivity (Wildman–Crippen MR) is 97.0 cm³/mol. The molecule has 3 heterocycles. The normalized spacial score (nSPS) is 11.7. The highest BCUT2D eigenvalue weighted by Crippen LogP contribution is 2.26. The number of carbonyl (C=O) groups excluding carboxylic acids is 1. The van der Waals surface area contributed by atoms with Crippen molar-refractivity contribution in [3.05, 3.63) is 60.3 Å². The van der Waals surface area contributed by atoms with Gasteiger partial charge in [0.15, 0.2) is 0 Å². The summed E-state index contributed by atoms with van der Waals surface area (Å²) in [7, 11) is 0. The quantitative estimate of drug-likeness (QED) is 0.527. The van der Waals surface area contributed by atoms with Crippen LogP contribution in [0.2, 0.25) is 0 Å². The number of nitrogens with one attached hydrogen (secondary N) is 1. The lowest BCUT2D eigenvalue weighted by Crippen LogP contribution is -2.25. The second-order valence-corrected chi connectivity index (χ2v) is 6.33. The number of rotatable bonds is 4. The van der Waals surface area contributed by atoms with Crippen molar-refractivity contribution in [2.45, 2.75) is 19.7 Å². The van der Waals surface area contributed by atoms with Crippen LogP contribution >= 0.6 is 0 Å². The van der Waals surface area contributed by atoms with Crippen LogP contribution in [0.15, 0.2) is 49.2 Å². The Balaban J connectivity index is 1.57. The molecule has 0 spiro atoms. The number of ether oxygens (including phenoxy) is 1. The van der Waals surface area contributed by atoms with Gasteiger partial charge in [-0.3, -0.25) is 0 Å². The van der Waals surface area contributed by atoms with Crippen LogP contribution in [0.1, 0.15) is 11.1 Å². The van der Waals surface area contributed by atoms with Crippen molar-refractivity contribution in [2.75, 3.05) is 0 Å². The highest BCUT2D eigenvalue weighted by atomic mass is 19.4. The standard InChI is InChI=1S/C19H14F3N5O2/c1-11-6-12(9-29-18(28)19(20,21)22)2-3-15(11)27-8-13(7-26-27)16-14-4-5-23-17(14)25-10-24-16/h2-8,10H,9H2,1H3,(H,23,24,25). The minimum atomic E-state index is -5.01. The van der Waals surface area contributed by atoms with Gasteiger partial charge in [-0.05, 0) is 30.2 Å². The van der Waals surface area contributed by atoms with Crippen molar-refractivity contribution < 1.29 is 22.7 Å². The summed E-state index contributed by atoms with van der Waals surface area (Å²) in [5, 5.41) is 5.23. The smallest absolute Gasteiger partial charge is 0.454 e. The van der Waals surface area contributed by atoms with Gasteiger partial charge in [-0.15, -0.1) is 0 Å². The number of nitrogens with zero attached hydrogens (tertiary/aromatic N) is 4. The summed E-state index contributed by atoms with van der Waals surface area (Å²) in [6.07, 6.45) is 1.72. The first kappa shape index (κ1) is 18.7. The monoisotopic (exact) mass is 401 g/mol. The van der Waals surface area contributed by atoms with Crippen LogP contribution in [0.4, 0.5) is 13.2 Å². The Morgan fingerprint density at radius 3 is 2.83 bits per heavy atom. The second-order valence-electron chi connectivity index (χ2n) is 6.33. The molecule has 0 saturated heterocycles. The molecule has 10 heteroatoms. The summed E-state index contributed by atoms with van der Waals surface area (Å²) in [4.78, 5) is 22.4. The molecule has 0 aliphatic rings. The molecule has 0 atom stereocenters. The number of fused-ring (bicyclic) bond motifs is 1. The Morgan fingerprint density at radius 1 is 1.24 bits per heavy atom. The molecule has 0 radical (unpaired) electrons. The lowest BCUT2D eigenvalue weighted by atomic mass is 10.1. The molecule has 1 N–H and O–H groups in total. The topological polar surface area (TPSA) is 85.7 Å². The Hall–Kier alpha value is -3.69. The zero-order valence-electron chi connectivity index (χ0n) is 15.1. The van der Waals surface area contributed by atoms with E-state index in [0.717, 1.165) is 33.5 Å². The van der Waals surface area contributed by atoms with Gasteiger partial charge in [0, 0.05) is 23.3 Å². The molecule has 4 aromatic rings. The first-order valence-corrected chi connectivity index (χ1v) is 8.50. The molecule has 4 rings (SSSR count). The molecule has 0 bridgehead atoms. The molecule has 1 aromatic carbocycles. The summed E-state index contributed by atoms with van der Waals surface area (Å²) < 4.78 is 42.6. The Morgan fingerprint density at radius 2 is 2.07 bits per heavy atom. The van der Waals surface area contributed by atoms with Crippen LogP contribution in [-0.4, -0.2) is 36.9 Å². The zero-order valence-corrected chi connectivity index (χ0v) is 15.1. The van der Waals surface area contributed by atoms with Gasteiger partial charge in [0.05, 0.1) is 17.6 Å². The Kier molecular flexibility index (Phi) is 4.53. The van der Waals surface area contributed by atoms with E-state index in [2.05, 4.69) is 24.8 Å². The zero-order chi connectivity index (χ0) is 20.6. The first-order chi connectivity index (χ1) is 13.8. The number of carbonyl (C=O) groups is 1. The van der Waals surface area contributed by atoms with Crippen LogP contribution in [0.5, 0.6) is 0 Å². The van der Waals surface area contributed by atoms with Gasteiger partial charge in [0.2, 0.25) is 0 Å². The SMILES string of the molecule is Cc1cc(COC(=O)C(F)(F)F)ccc1-n1cc(-c2ncnc3[nH]ccc23)cn1. The third-order valence-corrected chi connectivity index (χ3v) is 4.32. The number of hydrogen-bond donors (Lipinski definition) is 1. The minimum absolute atomic E-state index is 0.445. The largest absolute Gasteiger partial charge is 0.490 e. The van der Waals surface area contributed by atoms with E-state index >= 15 is 0 Å². The molecule has 7 nitrogen and oxygen atoms in total. The number of aryl methyl sites for hydroxylation is 1. The van der Waals surface area contributed by atoms with Crippen molar-refractivity contribution in [2.24, 2.45) is 0 Å². The van der Waals surface area contributed by atoms with Crippen LogP contribution in [-0.2, 0) is 16.1 Å². The van der Waals surface area contributed by atoms with E-state index in [-0.39, 0.29) is 0 Å². The van der Waals surface area contributed by atoms with Gasteiger partial charge < -0.3 is 9.72 Å². The maximum atomic E-state index is 12.2. The molecule has 148 valence electrons. The molecule has 0 aliphatic heterocycles. The number of benzene rings is 1. The van der Waals surface area contributed by atoms with Gasteiger partial charge in [-0.1, -0.05) is 12.1 Å². The summed E-state index contributed by atoms with van der Waals surface area (Å²) >= 11 is 0. The van der Waals surface area contributed by atoms with E-state index in [0.29, 0.717) is 5.56 Å². The number of esters is 1. The fraction of sp³-hybridized carbons (Fsp3) is 0.158. The van der Waals surface area contributed by atoms with Crippen LogP contribution < -0.4 is 0 Å². The molecular weight excluding hydrogens is 387 g/mol. The van der Waals surface area contributed by atoms with Gasteiger partial charge in [0.1, 0.15) is 18.6 Å². The third-order valence-electron chi connectivity index (χ3n) is 4.32. The first-order valence-electron chi connectivity index (χ1n) is 8.50. The number of hydrogen-bond acceptors (Lipinski definition) is 5. The van der Waals surface area contributed by atoms with Crippen molar-refractivity contribution in [3.63, 3.8) is 0 Å². The van der Waals surface area contributed by atoms with E-state index in [1.165, 1.54) is 6.33 Å². The van der Waals surface area contributed by atoms with Crippen molar-refractivity contribution in [3.8, 4) is 16.9 Å². The van der Waals surface area contributed by atoms with E-state index in [1.54, 1.807) is 48.4 Å². The van der Waals surface area contributed by atoms with Crippen LogP contribution in [0.25, 0.3) is 28.0 Å². The number of aromatic amines is 1. The van der Waals surface area contributed by atoms with E-state index in [4.69, 9.17) is 0 Å². The second kappa shape index (κ2) is 7.04. The van der Waals surface area contributed by atoms with Crippen molar-refractivity contribution >= 4 is 17.0 Å². The van der Waals surface area contributed by atoms with Gasteiger partial charge >= 0.3 is 12.1 Å². The van der Waals surface area contributed by atoms with Gasteiger partial charge in [-0.2, -0.15) is 18.3 Å². The molecule has 0 unspecified atom stereocenters. The van der Waals surface area contributed by atoms with E-state index < -0.39 is 18.8 Å². The summed E-state index contributed by atoms with van der Waals surface area (Å²) in [5.74, 6) is -2.21. The molecule has 0 fully saturated rings. The predicted octanol–water partition coefficient (Wildman–Crippen LogP) is 3.72. The van der Waals surface area contributed by atoms with Crippen LogP contribution in [0, 0.1) is 6.92 Å². The average molecular weight is 401 g/mol. The van der Waals surface area contributed by atoms with Crippen molar-refractivity contribution in [1.82, 2.24) is 24.7 Å². The Labute approximate surface area is 162 Å². The average Bonchev–Trinajstić information content (AvgIpc) is 3.34. The van der Waals surface area contributed by atoms with E-state index in [9.17, 15) is 18.0 Å². The summed E-state index contributed by atoms with van der Waals surface area (Å²) in [6.45, 7) is 1.33. The fourth-order valence-corrected chi connectivity index (χ4v) is 2.97. The highest BCUT2D eigenvalue weighted by Gasteiger charge is 2.40. The lowest BCUT2D eigenvalue weighted by Gasteiger charge is -2.10. The minimum Gasteiger partial charge on any atom is -0.454 e. The molecule has 29 heavy (non-hydrogen) atoms. The van der Waals surface area contributed by atoms with Crippen LogP contribution in [0.3, 0.4) is 0 Å². The fourth-order valence-electron chi connectivity index (χ4n) is 2.97. The molecule has 3 aromatic heterocycles. The number of H-pyrrole nitrogens is 1.